The van der Waals surface area contributed by atoms with E-state index < -0.39 is 23.4 Å². The largest absolute Gasteiger partial charge is 0.444 e. The lowest BCUT2D eigenvalue weighted by atomic mass is 10.1. The fourth-order valence-electron chi connectivity index (χ4n) is 4.63. The molecule has 2 saturated carbocycles. The van der Waals surface area contributed by atoms with Crippen LogP contribution in [0.4, 0.5) is 9.59 Å². The van der Waals surface area contributed by atoms with Crippen molar-refractivity contribution in [3.05, 3.63) is 35.9 Å². The van der Waals surface area contributed by atoms with Gasteiger partial charge in [0.2, 0.25) is 5.91 Å². The fourth-order valence-corrected chi connectivity index (χ4v) is 4.63. The molecule has 39 heavy (non-hydrogen) atoms. The highest BCUT2D eigenvalue weighted by Crippen LogP contribution is 2.21. The molecule has 0 bridgehead atoms. The van der Waals surface area contributed by atoms with E-state index >= 15 is 0 Å². The standard InChI is InChI=1S/C17H24N2O3.C12H22N2O3/c1-17(2,3)22-16(21)19-14-11-7-10-13(14)18-15(20)12-8-5-4-6-9-12;1-8(15)13-9-6-5-7-10(9)14-11(16)17-12(2,3)4/h4-6,8-9,13-14H,7,10-11H2,1-3H3,(H,18,20)(H,19,21);9-10H,5-7H2,1-4H3,(H,13,15)(H,14,16)/t13-,14-;9-,10-/m10/s1. The zero-order valence-corrected chi connectivity index (χ0v) is 24.4. The molecule has 0 heterocycles. The molecule has 2 fully saturated rings. The summed E-state index contributed by atoms with van der Waals surface area (Å²) in [6.07, 6.45) is 4.62. The Morgan fingerprint density at radius 2 is 1.03 bits per heavy atom. The molecule has 3 rings (SSSR count). The van der Waals surface area contributed by atoms with E-state index in [1.165, 1.54) is 6.92 Å². The molecule has 10 heteroatoms. The van der Waals surface area contributed by atoms with Gasteiger partial charge in [0.1, 0.15) is 11.2 Å². The molecule has 0 spiro atoms. The molecule has 4 atom stereocenters. The molecule has 1 aromatic rings. The molecule has 0 unspecified atom stereocenters. The van der Waals surface area contributed by atoms with Gasteiger partial charge in [0.25, 0.3) is 5.91 Å². The predicted octanol–water partition coefficient (Wildman–Crippen LogP) is 4.43. The van der Waals surface area contributed by atoms with Crippen LogP contribution in [0, 0.1) is 0 Å². The maximum Gasteiger partial charge on any atom is 0.407 e. The van der Waals surface area contributed by atoms with Crippen LogP contribution in [0.2, 0.25) is 0 Å². The smallest absolute Gasteiger partial charge is 0.407 e. The van der Waals surface area contributed by atoms with Crippen molar-refractivity contribution < 1.29 is 28.7 Å². The number of hydrogen-bond acceptors (Lipinski definition) is 6. The normalized spacial score (nSPS) is 22.5. The van der Waals surface area contributed by atoms with Gasteiger partial charge in [0.15, 0.2) is 0 Å². The summed E-state index contributed by atoms with van der Waals surface area (Å²) in [7, 11) is 0. The summed E-state index contributed by atoms with van der Waals surface area (Å²) in [5.74, 6) is -0.170. The average molecular weight is 547 g/mol. The van der Waals surface area contributed by atoms with E-state index in [0.717, 1.165) is 38.5 Å². The maximum absolute atomic E-state index is 12.2. The second-order valence-corrected chi connectivity index (χ2v) is 12.1. The Morgan fingerprint density at radius 1 is 0.641 bits per heavy atom. The maximum atomic E-state index is 12.2. The predicted molar refractivity (Wildman–Crippen MR) is 149 cm³/mol. The lowest BCUT2D eigenvalue weighted by Crippen LogP contribution is -2.49. The first-order chi connectivity index (χ1) is 18.1. The van der Waals surface area contributed by atoms with Crippen molar-refractivity contribution in [3.8, 4) is 0 Å². The molecule has 4 amide bonds. The van der Waals surface area contributed by atoms with Crippen LogP contribution in [-0.4, -0.2) is 59.4 Å². The Hall–Kier alpha value is -3.30. The van der Waals surface area contributed by atoms with Crippen molar-refractivity contribution in [1.82, 2.24) is 21.3 Å². The second-order valence-electron chi connectivity index (χ2n) is 12.1. The van der Waals surface area contributed by atoms with E-state index in [4.69, 9.17) is 9.47 Å². The van der Waals surface area contributed by atoms with Gasteiger partial charge in [-0.1, -0.05) is 18.2 Å². The molecular weight excluding hydrogens is 500 g/mol. The quantitative estimate of drug-likeness (QED) is 0.432. The molecule has 218 valence electrons. The van der Waals surface area contributed by atoms with Gasteiger partial charge in [-0.3, -0.25) is 9.59 Å². The zero-order valence-electron chi connectivity index (χ0n) is 24.4. The topological polar surface area (TPSA) is 135 Å². The summed E-state index contributed by atoms with van der Waals surface area (Å²) in [4.78, 5) is 46.7. The highest BCUT2D eigenvalue weighted by molar-refractivity contribution is 5.94. The zero-order chi connectivity index (χ0) is 29.2. The van der Waals surface area contributed by atoms with Gasteiger partial charge >= 0.3 is 12.2 Å². The van der Waals surface area contributed by atoms with E-state index in [-0.39, 0.29) is 36.0 Å². The van der Waals surface area contributed by atoms with Gasteiger partial charge in [-0.2, -0.15) is 0 Å². The average Bonchev–Trinajstić information content (AvgIpc) is 3.41. The number of carbonyl (C=O) groups is 4. The first kappa shape index (κ1) is 31.9. The van der Waals surface area contributed by atoms with Crippen molar-refractivity contribution in [3.63, 3.8) is 0 Å². The highest BCUT2D eigenvalue weighted by atomic mass is 16.6. The van der Waals surface area contributed by atoms with Crippen LogP contribution >= 0.6 is 0 Å². The minimum absolute atomic E-state index is 0.0197. The van der Waals surface area contributed by atoms with Crippen molar-refractivity contribution >= 4 is 24.0 Å². The third kappa shape index (κ3) is 12.4. The molecule has 2 aliphatic carbocycles. The molecule has 4 N–H and O–H groups in total. The molecule has 1 aromatic carbocycles. The van der Waals surface area contributed by atoms with Crippen LogP contribution in [0.3, 0.4) is 0 Å². The van der Waals surface area contributed by atoms with Gasteiger partial charge < -0.3 is 30.7 Å². The number of alkyl carbamates (subject to hydrolysis) is 2. The monoisotopic (exact) mass is 546 g/mol. The van der Waals surface area contributed by atoms with Crippen LogP contribution in [0.15, 0.2) is 30.3 Å². The van der Waals surface area contributed by atoms with Crippen LogP contribution in [0.1, 0.15) is 97.3 Å². The van der Waals surface area contributed by atoms with Gasteiger partial charge in [-0.05, 0) is 92.2 Å². The number of benzene rings is 1. The van der Waals surface area contributed by atoms with E-state index in [2.05, 4.69) is 21.3 Å². The Morgan fingerprint density at radius 3 is 1.41 bits per heavy atom. The first-order valence-electron chi connectivity index (χ1n) is 13.7. The number of ether oxygens (including phenoxy) is 2. The van der Waals surface area contributed by atoms with E-state index in [1.54, 1.807) is 12.1 Å². The molecule has 0 aliphatic heterocycles. The first-order valence-corrected chi connectivity index (χ1v) is 13.7. The SMILES string of the molecule is CC(=O)N[C@H]1CCC[C@@H]1NC(=O)OC(C)(C)C.CC(C)(C)OC(=O)N[C@@H]1CCC[C@H]1NC(=O)c1ccccc1. The number of nitrogens with one attached hydrogen (secondary N) is 4. The summed E-state index contributed by atoms with van der Waals surface area (Å²) in [6.45, 7) is 12.5. The number of rotatable bonds is 5. The van der Waals surface area contributed by atoms with Crippen molar-refractivity contribution in [2.24, 2.45) is 0 Å². The molecular formula is C29H46N4O6. The van der Waals surface area contributed by atoms with Gasteiger partial charge in [-0.25, -0.2) is 9.59 Å². The van der Waals surface area contributed by atoms with Crippen molar-refractivity contribution in [2.75, 3.05) is 0 Å². The molecule has 0 saturated heterocycles. The fraction of sp³-hybridized carbons (Fsp3) is 0.655. The van der Waals surface area contributed by atoms with Gasteiger partial charge in [0.05, 0.1) is 12.1 Å². The van der Waals surface area contributed by atoms with E-state index in [9.17, 15) is 19.2 Å². The highest BCUT2D eigenvalue weighted by Gasteiger charge is 2.32. The van der Waals surface area contributed by atoms with E-state index in [1.807, 2.05) is 59.7 Å². The van der Waals surface area contributed by atoms with Crippen LogP contribution in [-0.2, 0) is 14.3 Å². The van der Waals surface area contributed by atoms with Gasteiger partial charge in [0, 0.05) is 24.6 Å². The number of amides is 4. The Labute approximate surface area is 232 Å². The molecule has 0 radical (unpaired) electrons. The summed E-state index contributed by atoms with van der Waals surface area (Å²) in [5.41, 5.74) is -0.386. The lowest BCUT2D eigenvalue weighted by Gasteiger charge is -2.25. The third-order valence-corrected chi connectivity index (χ3v) is 6.18. The number of carbonyl (C=O) groups excluding carboxylic acids is 4. The Kier molecular flexibility index (Phi) is 11.6. The molecule has 10 nitrogen and oxygen atoms in total. The van der Waals surface area contributed by atoms with E-state index in [0.29, 0.717) is 5.56 Å². The molecule has 0 aromatic heterocycles. The summed E-state index contributed by atoms with van der Waals surface area (Å²) in [6, 6.07) is 8.97. The Bertz CT molecular complexity index is 970. The van der Waals surface area contributed by atoms with Crippen molar-refractivity contribution in [1.29, 1.82) is 0 Å². The number of hydrogen-bond donors (Lipinski definition) is 4. The summed E-state index contributed by atoms with van der Waals surface area (Å²) in [5, 5.41) is 11.5. The third-order valence-electron chi connectivity index (χ3n) is 6.18. The molecule has 2 aliphatic rings. The Balaban J connectivity index is 0.000000283. The van der Waals surface area contributed by atoms with Crippen molar-refractivity contribution in [2.45, 2.75) is 122 Å². The van der Waals surface area contributed by atoms with Gasteiger partial charge in [-0.15, -0.1) is 0 Å². The lowest BCUT2D eigenvalue weighted by molar-refractivity contribution is -0.119. The minimum atomic E-state index is -0.522. The van der Waals surface area contributed by atoms with Crippen LogP contribution in [0.25, 0.3) is 0 Å². The van der Waals surface area contributed by atoms with Crippen LogP contribution in [0.5, 0.6) is 0 Å². The second kappa shape index (κ2) is 14.2. The van der Waals surface area contributed by atoms with Crippen LogP contribution < -0.4 is 21.3 Å². The summed E-state index contributed by atoms with van der Waals surface area (Å²) < 4.78 is 10.5. The summed E-state index contributed by atoms with van der Waals surface area (Å²) >= 11 is 0. The minimum Gasteiger partial charge on any atom is -0.444 e.